The van der Waals surface area contributed by atoms with Gasteiger partial charge in [0, 0.05) is 28.8 Å². The number of aryl methyl sites for hydroxylation is 2. The fourth-order valence-corrected chi connectivity index (χ4v) is 3.04. The molecule has 0 saturated carbocycles. The molecule has 4 nitrogen and oxygen atoms in total. The van der Waals surface area contributed by atoms with E-state index in [0.717, 1.165) is 16.6 Å². The van der Waals surface area contributed by atoms with Crippen molar-refractivity contribution >= 4 is 34.1 Å². The first-order chi connectivity index (χ1) is 11.9. The van der Waals surface area contributed by atoms with Crippen LogP contribution in [-0.4, -0.2) is 10.5 Å². The van der Waals surface area contributed by atoms with E-state index in [2.05, 4.69) is 5.32 Å². The van der Waals surface area contributed by atoms with Gasteiger partial charge in [0.2, 0.25) is 5.43 Å². The lowest BCUT2D eigenvalue weighted by molar-refractivity contribution is 0.102. The van der Waals surface area contributed by atoms with E-state index >= 15 is 0 Å². The third-order valence-corrected chi connectivity index (χ3v) is 4.72. The maximum Gasteiger partial charge on any atom is 0.261 e. The van der Waals surface area contributed by atoms with Gasteiger partial charge in [0.25, 0.3) is 5.91 Å². The van der Waals surface area contributed by atoms with Crippen LogP contribution in [0.1, 0.15) is 28.4 Å². The lowest BCUT2D eigenvalue weighted by Crippen LogP contribution is -2.24. The standard InChI is InChI=1S/C20H19ClN2O2/c1-4-23-11-16(19(24)15-10-14(21)8-9-18(15)23)20(25)22-17-7-5-6-12(2)13(17)3/h5-11H,4H2,1-3H3,(H,22,25). The average molecular weight is 355 g/mol. The number of pyridine rings is 1. The molecule has 0 spiro atoms. The van der Waals surface area contributed by atoms with Gasteiger partial charge >= 0.3 is 0 Å². The number of nitrogens with one attached hydrogen (secondary N) is 1. The maximum atomic E-state index is 12.8. The number of nitrogens with zero attached hydrogens (tertiary/aromatic N) is 1. The van der Waals surface area contributed by atoms with Crippen LogP contribution in [0.15, 0.2) is 47.4 Å². The molecular weight excluding hydrogens is 336 g/mol. The molecule has 2 aromatic carbocycles. The molecule has 1 amide bonds. The van der Waals surface area contributed by atoms with Gasteiger partial charge in [-0.1, -0.05) is 23.7 Å². The molecule has 0 unspecified atom stereocenters. The fraction of sp³-hybridized carbons (Fsp3) is 0.200. The monoisotopic (exact) mass is 354 g/mol. The number of carbonyl (C=O) groups is 1. The molecule has 0 aliphatic heterocycles. The number of hydrogen-bond acceptors (Lipinski definition) is 2. The van der Waals surface area contributed by atoms with Crippen molar-refractivity contribution < 1.29 is 4.79 Å². The summed E-state index contributed by atoms with van der Waals surface area (Å²) in [5.74, 6) is -0.414. The molecule has 1 aromatic heterocycles. The van der Waals surface area contributed by atoms with Crippen molar-refractivity contribution in [1.82, 2.24) is 4.57 Å². The van der Waals surface area contributed by atoms with Crippen LogP contribution < -0.4 is 10.7 Å². The summed E-state index contributed by atoms with van der Waals surface area (Å²) in [5, 5.41) is 3.77. The number of anilines is 1. The van der Waals surface area contributed by atoms with Gasteiger partial charge < -0.3 is 9.88 Å². The Morgan fingerprint density at radius 2 is 1.96 bits per heavy atom. The highest BCUT2D eigenvalue weighted by atomic mass is 35.5. The molecule has 25 heavy (non-hydrogen) atoms. The van der Waals surface area contributed by atoms with Crippen LogP contribution in [0.2, 0.25) is 5.02 Å². The minimum absolute atomic E-state index is 0.109. The minimum atomic E-state index is -0.414. The van der Waals surface area contributed by atoms with Gasteiger partial charge in [-0.2, -0.15) is 0 Å². The largest absolute Gasteiger partial charge is 0.347 e. The van der Waals surface area contributed by atoms with E-state index < -0.39 is 5.91 Å². The van der Waals surface area contributed by atoms with Gasteiger partial charge in [-0.3, -0.25) is 9.59 Å². The first-order valence-corrected chi connectivity index (χ1v) is 8.50. The Labute approximate surface area is 151 Å². The zero-order chi connectivity index (χ0) is 18.1. The van der Waals surface area contributed by atoms with Gasteiger partial charge in [0.1, 0.15) is 5.56 Å². The van der Waals surface area contributed by atoms with Gasteiger partial charge in [0.15, 0.2) is 0 Å². The highest BCUT2D eigenvalue weighted by Gasteiger charge is 2.16. The van der Waals surface area contributed by atoms with Crippen molar-refractivity contribution in [3.63, 3.8) is 0 Å². The summed E-state index contributed by atoms with van der Waals surface area (Å²) in [6.07, 6.45) is 1.61. The number of halogens is 1. The number of carbonyl (C=O) groups excluding carboxylic acids is 1. The molecule has 0 aliphatic carbocycles. The maximum absolute atomic E-state index is 12.8. The molecule has 128 valence electrons. The summed E-state index contributed by atoms with van der Waals surface area (Å²) in [6, 6.07) is 10.8. The van der Waals surface area contributed by atoms with Gasteiger partial charge in [-0.25, -0.2) is 0 Å². The number of hydrogen-bond donors (Lipinski definition) is 1. The second-order valence-electron chi connectivity index (χ2n) is 6.02. The Morgan fingerprint density at radius 1 is 1.20 bits per heavy atom. The van der Waals surface area contributed by atoms with Crippen molar-refractivity contribution in [3.05, 3.63) is 74.5 Å². The van der Waals surface area contributed by atoms with Crippen LogP contribution in [0, 0.1) is 13.8 Å². The Kier molecular flexibility index (Phi) is 4.64. The Bertz CT molecular complexity index is 1040. The third-order valence-electron chi connectivity index (χ3n) is 4.48. The van der Waals surface area contributed by atoms with E-state index in [0.29, 0.717) is 22.6 Å². The van der Waals surface area contributed by atoms with E-state index in [4.69, 9.17) is 11.6 Å². The summed E-state index contributed by atoms with van der Waals surface area (Å²) in [6.45, 7) is 6.52. The van der Waals surface area contributed by atoms with Crippen LogP contribution >= 0.6 is 11.6 Å². The molecule has 5 heteroatoms. The molecule has 0 atom stereocenters. The first kappa shape index (κ1) is 17.2. The first-order valence-electron chi connectivity index (χ1n) is 8.12. The Balaban J connectivity index is 2.11. The van der Waals surface area contributed by atoms with E-state index in [1.165, 1.54) is 0 Å². The minimum Gasteiger partial charge on any atom is -0.347 e. The lowest BCUT2D eigenvalue weighted by Gasteiger charge is -2.13. The van der Waals surface area contributed by atoms with Crippen molar-refractivity contribution in [2.75, 3.05) is 5.32 Å². The Morgan fingerprint density at radius 3 is 2.68 bits per heavy atom. The SMILES string of the molecule is CCn1cc(C(=O)Nc2cccc(C)c2C)c(=O)c2cc(Cl)ccc21. The Hall–Kier alpha value is -2.59. The number of amides is 1. The zero-order valence-corrected chi connectivity index (χ0v) is 15.1. The predicted molar refractivity (Wildman–Crippen MR) is 103 cm³/mol. The molecular formula is C20H19ClN2O2. The van der Waals surface area contributed by atoms with E-state index in [1.54, 1.807) is 24.4 Å². The summed E-state index contributed by atoms with van der Waals surface area (Å²) in [5.41, 5.74) is 3.32. The highest BCUT2D eigenvalue weighted by molar-refractivity contribution is 6.31. The molecule has 1 N–H and O–H groups in total. The molecule has 0 aliphatic rings. The normalized spacial score (nSPS) is 10.9. The molecule has 0 bridgehead atoms. The molecule has 1 heterocycles. The van der Waals surface area contributed by atoms with Gasteiger partial charge in [0.05, 0.1) is 5.52 Å². The summed E-state index contributed by atoms with van der Waals surface area (Å²) < 4.78 is 1.88. The van der Waals surface area contributed by atoms with Crippen LogP contribution in [0.5, 0.6) is 0 Å². The molecule has 0 radical (unpaired) electrons. The second-order valence-corrected chi connectivity index (χ2v) is 6.46. The summed E-state index contributed by atoms with van der Waals surface area (Å²) in [4.78, 5) is 25.5. The average Bonchev–Trinajstić information content (AvgIpc) is 2.59. The van der Waals surface area contributed by atoms with Crippen LogP contribution in [0.4, 0.5) is 5.69 Å². The lowest BCUT2D eigenvalue weighted by atomic mass is 10.1. The molecule has 3 aromatic rings. The molecule has 3 rings (SSSR count). The van der Waals surface area contributed by atoms with Crippen LogP contribution in [-0.2, 0) is 6.54 Å². The van der Waals surface area contributed by atoms with E-state index in [9.17, 15) is 9.59 Å². The summed E-state index contributed by atoms with van der Waals surface area (Å²) in [7, 11) is 0. The van der Waals surface area contributed by atoms with E-state index in [-0.39, 0.29) is 11.0 Å². The second kappa shape index (κ2) is 6.73. The smallest absolute Gasteiger partial charge is 0.261 e. The van der Waals surface area contributed by atoms with Gasteiger partial charge in [-0.05, 0) is 56.2 Å². The van der Waals surface area contributed by atoms with Crippen LogP contribution in [0.3, 0.4) is 0 Å². The topological polar surface area (TPSA) is 51.1 Å². The van der Waals surface area contributed by atoms with Crippen molar-refractivity contribution in [2.45, 2.75) is 27.3 Å². The zero-order valence-electron chi connectivity index (χ0n) is 14.4. The van der Waals surface area contributed by atoms with Crippen molar-refractivity contribution in [1.29, 1.82) is 0 Å². The molecule has 0 saturated heterocycles. The quantitative estimate of drug-likeness (QED) is 0.750. The number of rotatable bonds is 3. The number of benzene rings is 2. The van der Waals surface area contributed by atoms with Crippen molar-refractivity contribution in [2.24, 2.45) is 0 Å². The highest BCUT2D eigenvalue weighted by Crippen LogP contribution is 2.20. The van der Waals surface area contributed by atoms with Crippen molar-refractivity contribution in [3.8, 4) is 0 Å². The third kappa shape index (κ3) is 3.17. The van der Waals surface area contributed by atoms with E-state index in [1.807, 2.05) is 43.5 Å². The number of fused-ring (bicyclic) bond motifs is 1. The number of aromatic nitrogens is 1. The van der Waals surface area contributed by atoms with Gasteiger partial charge in [-0.15, -0.1) is 0 Å². The molecule has 0 fully saturated rings. The predicted octanol–water partition coefficient (Wildman–Crippen LogP) is 4.54. The fourth-order valence-electron chi connectivity index (χ4n) is 2.87. The van der Waals surface area contributed by atoms with Crippen LogP contribution in [0.25, 0.3) is 10.9 Å². The summed E-state index contributed by atoms with van der Waals surface area (Å²) >= 11 is 6.04.